The first-order valence-corrected chi connectivity index (χ1v) is 8.21. The molecule has 0 unspecified atom stereocenters. The number of hydrogen-bond donors (Lipinski definition) is 1. The number of hydrogen-bond acceptors (Lipinski definition) is 4. The smallest absolute Gasteiger partial charge is 0.255 e. The van der Waals surface area contributed by atoms with Crippen molar-refractivity contribution in [2.24, 2.45) is 0 Å². The van der Waals surface area contributed by atoms with Crippen molar-refractivity contribution in [3.63, 3.8) is 0 Å². The van der Waals surface area contributed by atoms with Gasteiger partial charge < -0.3 is 5.32 Å². The van der Waals surface area contributed by atoms with Crippen LogP contribution in [0.5, 0.6) is 0 Å². The molecule has 0 spiro atoms. The van der Waals surface area contributed by atoms with Gasteiger partial charge in [-0.1, -0.05) is 17.8 Å². The predicted octanol–water partition coefficient (Wildman–Crippen LogP) is 4.41. The number of fused-ring (bicyclic) bond motifs is 1. The highest BCUT2D eigenvalue weighted by Crippen LogP contribution is 2.30. The minimum Gasteiger partial charge on any atom is -0.322 e. The molecule has 0 bridgehead atoms. The van der Waals surface area contributed by atoms with E-state index in [0.717, 1.165) is 14.6 Å². The van der Waals surface area contributed by atoms with E-state index in [4.69, 9.17) is 0 Å². The standard InChI is InChI=1S/C15H11FN2OS2/c1-20-15-18-12-6-5-11(8-13(12)21-15)17-14(19)9-3-2-4-10(16)7-9/h2-8H,1H3,(H,17,19). The molecule has 2 aromatic carbocycles. The lowest BCUT2D eigenvalue weighted by molar-refractivity contribution is 0.102. The zero-order chi connectivity index (χ0) is 14.8. The van der Waals surface area contributed by atoms with E-state index in [1.165, 1.54) is 18.2 Å². The van der Waals surface area contributed by atoms with Crippen molar-refractivity contribution in [3.8, 4) is 0 Å². The van der Waals surface area contributed by atoms with Crippen molar-refractivity contribution in [3.05, 3.63) is 53.8 Å². The van der Waals surface area contributed by atoms with Crippen LogP contribution in [0.1, 0.15) is 10.4 Å². The van der Waals surface area contributed by atoms with E-state index >= 15 is 0 Å². The molecule has 0 aliphatic heterocycles. The van der Waals surface area contributed by atoms with Crippen molar-refractivity contribution in [2.75, 3.05) is 11.6 Å². The molecule has 0 saturated carbocycles. The first-order chi connectivity index (χ1) is 10.2. The van der Waals surface area contributed by atoms with Gasteiger partial charge in [-0.2, -0.15) is 0 Å². The first kappa shape index (κ1) is 14.0. The highest BCUT2D eigenvalue weighted by Gasteiger charge is 2.09. The van der Waals surface area contributed by atoms with Gasteiger partial charge >= 0.3 is 0 Å². The maximum absolute atomic E-state index is 13.1. The Balaban J connectivity index is 1.85. The van der Waals surface area contributed by atoms with E-state index in [1.807, 2.05) is 18.4 Å². The second kappa shape index (κ2) is 5.83. The van der Waals surface area contributed by atoms with E-state index in [9.17, 15) is 9.18 Å². The number of aromatic nitrogens is 1. The molecule has 21 heavy (non-hydrogen) atoms. The molecule has 0 radical (unpaired) electrons. The fourth-order valence-electron chi connectivity index (χ4n) is 1.90. The number of thiazole rings is 1. The molecule has 1 amide bonds. The average Bonchev–Trinajstić information content (AvgIpc) is 2.89. The van der Waals surface area contributed by atoms with Crippen LogP contribution in [0.2, 0.25) is 0 Å². The summed E-state index contributed by atoms with van der Waals surface area (Å²) < 4.78 is 15.1. The fourth-order valence-corrected chi connectivity index (χ4v) is 3.43. The molecule has 0 saturated heterocycles. The largest absolute Gasteiger partial charge is 0.322 e. The SMILES string of the molecule is CSc1nc2ccc(NC(=O)c3cccc(F)c3)cc2s1. The fraction of sp³-hybridized carbons (Fsp3) is 0.0667. The number of nitrogens with zero attached hydrogens (tertiary/aromatic N) is 1. The summed E-state index contributed by atoms with van der Waals surface area (Å²) in [6.45, 7) is 0. The molecule has 1 N–H and O–H groups in total. The Labute approximate surface area is 129 Å². The topological polar surface area (TPSA) is 42.0 Å². The van der Waals surface area contributed by atoms with Crippen molar-refractivity contribution >= 4 is 44.9 Å². The van der Waals surface area contributed by atoms with Crippen molar-refractivity contribution in [2.45, 2.75) is 4.34 Å². The van der Waals surface area contributed by atoms with E-state index in [1.54, 1.807) is 35.2 Å². The number of anilines is 1. The maximum Gasteiger partial charge on any atom is 0.255 e. The van der Waals surface area contributed by atoms with Crippen molar-refractivity contribution < 1.29 is 9.18 Å². The van der Waals surface area contributed by atoms with Crippen molar-refractivity contribution in [1.29, 1.82) is 0 Å². The van der Waals surface area contributed by atoms with Crippen LogP contribution in [0, 0.1) is 5.82 Å². The van der Waals surface area contributed by atoms with Crippen molar-refractivity contribution in [1.82, 2.24) is 4.98 Å². The second-order valence-electron chi connectivity index (χ2n) is 4.33. The lowest BCUT2D eigenvalue weighted by atomic mass is 10.2. The number of amides is 1. The molecule has 3 nitrogen and oxygen atoms in total. The summed E-state index contributed by atoms with van der Waals surface area (Å²) in [5, 5.41) is 2.77. The molecule has 3 rings (SSSR count). The molecular weight excluding hydrogens is 307 g/mol. The first-order valence-electron chi connectivity index (χ1n) is 6.17. The predicted molar refractivity (Wildman–Crippen MR) is 85.8 cm³/mol. The Morgan fingerprint density at radius 2 is 2.14 bits per heavy atom. The number of halogens is 1. The van der Waals surface area contributed by atoms with Crippen LogP contribution < -0.4 is 5.32 Å². The van der Waals surface area contributed by atoms with Gasteiger partial charge in [0.2, 0.25) is 0 Å². The van der Waals surface area contributed by atoms with Gasteiger partial charge in [-0.25, -0.2) is 9.37 Å². The number of carbonyl (C=O) groups is 1. The van der Waals surface area contributed by atoms with Gasteiger partial charge in [0.1, 0.15) is 5.82 Å². The summed E-state index contributed by atoms with van der Waals surface area (Å²) in [6.07, 6.45) is 1.98. The second-order valence-corrected chi connectivity index (χ2v) is 6.41. The summed E-state index contributed by atoms with van der Waals surface area (Å²) in [7, 11) is 0. The lowest BCUT2D eigenvalue weighted by Gasteiger charge is -2.05. The van der Waals surface area contributed by atoms with E-state index < -0.39 is 5.82 Å². The van der Waals surface area contributed by atoms with Gasteiger partial charge in [0.15, 0.2) is 4.34 Å². The van der Waals surface area contributed by atoms with Crippen LogP contribution >= 0.6 is 23.1 Å². The zero-order valence-electron chi connectivity index (χ0n) is 11.1. The van der Waals surface area contributed by atoms with Crippen LogP contribution in [0.3, 0.4) is 0 Å². The number of nitrogens with one attached hydrogen (secondary N) is 1. The van der Waals surface area contributed by atoms with Crippen LogP contribution in [0.25, 0.3) is 10.2 Å². The highest BCUT2D eigenvalue weighted by atomic mass is 32.2. The molecule has 106 valence electrons. The van der Waals surface area contributed by atoms with Gasteiger partial charge in [-0.05, 0) is 42.7 Å². The van der Waals surface area contributed by atoms with E-state index in [0.29, 0.717) is 11.3 Å². The summed E-state index contributed by atoms with van der Waals surface area (Å²) >= 11 is 3.17. The number of thioether (sulfide) groups is 1. The Bertz CT molecular complexity index is 816. The van der Waals surface area contributed by atoms with Crippen LogP contribution in [-0.4, -0.2) is 17.1 Å². The molecule has 1 aromatic heterocycles. The third-order valence-corrected chi connectivity index (χ3v) is 4.89. The Hall–Kier alpha value is -1.92. The number of benzene rings is 2. The summed E-state index contributed by atoms with van der Waals surface area (Å²) in [4.78, 5) is 16.5. The highest BCUT2D eigenvalue weighted by molar-refractivity contribution is 8.00. The Kier molecular flexibility index (Phi) is 3.90. The summed E-state index contributed by atoms with van der Waals surface area (Å²) in [5.41, 5.74) is 1.88. The van der Waals surface area contributed by atoms with E-state index in [-0.39, 0.29) is 5.91 Å². The van der Waals surface area contributed by atoms with Gasteiger partial charge in [0.05, 0.1) is 10.2 Å². The van der Waals surface area contributed by atoms with Crippen LogP contribution in [0.4, 0.5) is 10.1 Å². The molecule has 3 aromatic rings. The third-order valence-electron chi connectivity index (χ3n) is 2.89. The quantitative estimate of drug-likeness (QED) is 0.727. The minimum atomic E-state index is -0.426. The van der Waals surface area contributed by atoms with Crippen LogP contribution in [0.15, 0.2) is 46.8 Å². The normalized spacial score (nSPS) is 10.8. The summed E-state index contributed by atoms with van der Waals surface area (Å²) in [5.74, 6) is -0.756. The van der Waals surface area contributed by atoms with Gasteiger partial charge in [-0.3, -0.25) is 4.79 Å². The van der Waals surface area contributed by atoms with Gasteiger partial charge in [-0.15, -0.1) is 11.3 Å². The third kappa shape index (κ3) is 3.06. The minimum absolute atomic E-state index is 0.296. The maximum atomic E-state index is 13.1. The monoisotopic (exact) mass is 318 g/mol. The molecule has 0 aliphatic carbocycles. The lowest BCUT2D eigenvalue weighted by Crippen LogP contribution is -2.11. The molecule has 0 aliphatic rings. The van der Waals surface area contributed by atoms with Crippen LogP contribution in [-0.2, 0) is 0 Å². The summed E-state index contributed by atoms with van der Waals surface area (Å²) in [6, 6.07) is 11.2. The number of rotatable bonds is 3. The molecule has 1 heterocycles. The molecular formula is C15H11FN2OS2. The molecule has 0 atom stereocenters. The Morgan fingerprint density at radius 1 is 1.29 bits per heavy atom. The average molecular weight is 318 g/mol. The Morgan fingerprint density at radius 3 is 2.90 bits per heavy atom. The molecule has 0 fully saturated rings. The van der Waals surface area contributed by atoms with E-state index in [2.05, 4.69) is 10.3 Å². The zero-order valence-corrected chi connectivity index (χ0v) is 12.7. The number of carbonyl (C=O) groups excluding carboxylic acids is 1. The van der Waals surface area contributed by atoms with Gasteiger partial charge in [0, 0.05) is 11.3 Å². The molecule has 6 heteroatoms. The van der Waals surface area contributed by atoms with Gasteiger partial charge in [0.25, 0.3) is 5.91 Å².